The molecule has 0 aliphatic rings. The smallest absolute Gasteiger partial charge is 0.165 e. The Balaban J connectivity index is 1.89. The van der Waals surface area contributed by atoms with Gasteiger partial charge in [-0.1, -0.05) is 35.9 Å². The van der Waals surface area contributed by atoms with E-state index in [1.165, 1.54) is 0 Å². The molecule has 0 aliphatic carbocycles. The molecule has 26 heavy (non-hydrogen) atoms. The van der Waals surface area contributed by atoms with Crippen LogP contribution in [0.25, 0.3) is 27.7 Å². The Labute approximate surface area is 156 Å². The summed E-state index contributed by atoms with van der Waals surface area (Å²) < 4.78 is 12.7. The Hall–Kier alpha value is -2.98. The predicted octanol–water partition coefficient (Wildman–Crippen LogP) is 5.36. The predicted molar refractivity (Wildman–Crippen MR) is 105 cm³/mol. The number of benzene rings is 3. The summed E-state index contributed by atoms with van der Waals surface area (Å²) in [5, 5.41) is 7.38. The van der Waals surface area contributed by atoms with Crippen LogP contribution in [0.3, 0.4) is 0 Å². The van der Waals surface area contributed by atoms with Crippen LogP contribution in [0.1, 0.15) is 0 Å². The molecule has 0 bridgehead atoms. The lowest BCUT2D eigenvalue weighted by molar-refractivity contribution is 0.415. The van der Waals surface area contributed by atoms with Crippen LogP contribution in [-0.4, -0.2) is 24.0 Å². The summed E-state index contributed by atoms with van der Waals surface area (Å²) in [6, 6.07) is 19.9. The summed E-state index contributed by atoms with van der Waals surface area (Å²) in [7, 11) is 3.32. The zero-order valence-electron chi connectivity index (χ0n) is 14.4. The standard InChI is InChI=1S/C21H17ClN2O2/c1-25-19-9-8-14-10-16(7-6-15(14)11-19)21-20(26-2)13-23-24(21)18-5-3-4-17(22)12-18/h3-13H,1-2H3. The summed E-state index contributed by atoms with van der Waals surface area (Å²) in [5.41, 5.74) is 2.77. The first-order valence-electron chi connectivity index (χ1n) is 8.16. The van der Waals surface area contributed by atoms with Crippen molar-refractivity contribution in [2.45, 2.75) is 0 Å². The zero-order valence-corrected chi connectivity index (χ0v) is 15.2. The fraction of sp³-hybridized carbons (Fsp3) is 0.0952. The average Bonchev–Trinajstić information content (AvgIpc) is 3.11. The highest BCUT2D eigenvalue weighted by Crippen LogP contribution is 2.34. The van der Waals surface area contributed by atoms with Crippen molar-refractivity contribution in [1.82, 2.24) is 9.78 Å². The van der Waals surface area contributed by atoms with Gasteiger partial charge in [0.2, 0.25) is 0 Å². The second kappa shape index (κ2) is 6.73. The van der Waals surface area contributed by atoms with Crippen LogP contribution < -0.4 is 9.47 Å². The van der Waals surface area contributed by atoms with Gasteiger partial charge in [0.25, 0.3) is 0 Å². The second-order valence-corrected chi connectivity index (χ2v) is 6.32. The van der Waals surface area contributed by atoms with E-state index in [0.29, 0.717) is 10.8 Å². The molecule has 0 spiro atoms. The van der Waals surface area contributed by atoms with Crippen molar-refractivity contribution in [3.05, 3.63) is 71.9 Å². The number of fused-ring (bicyclic) bond motifs is 1. The molecule has 1 heterocycles. The van der Waals surface area contributed by atoms with Crippen molar-refractivity contribution >= 4 is 22.4 Å². The summed E-state index contributed by atoms with van der Waals surface area (Å²) in [5.74, 6) is 1.55. The third-order valence-electron chi connectivity index (χ3n) is 4.33. The first-order valence-corrected chi connectivity index (χ1v) is 8.53. The molecular weight excluding hydrogens is 348 g/mol. The van der Waals surface area contributed by atoms with Gasteiger partial charge in [-0.25, -0.2) is 4.68 Å². The number of nitrogens with zero attached hydrogens (tertiary/aromatic N) is 2. The van der Waals surface area contributed by atoms with E-state index in [1.807, 2.05) is 47.1 Å². The lowest BCUT2D eigenvalue weighted by Gasteiger charge is -2.11. The molecule has 0 atom stereocenters. The Morgan fingerprint density at radius 2 is 1.69 bits per heavy atom. The van der Waals surface area contributed by atoms with Crippen molar-refractivity contribution in [3.8, 4) is 28.4 Å². The molecule has 130 valence electrons. The van der Waals surface area contributed by atoms with Gasteiger partial charge < -0.3 is 9.47 Å². The maximum Gasteiger partial charge on any atom is 0.165 e. The fourth-order valence-corrected chi connectivity index (χ4v) is 3.23. The zero-order chi connectivity index (χ0) is 18.1. The minimum Gasteiger partial charge on any atom is -0.497 e. The largest absolute Gasteiger partial charge is 0.497 e. The van der Waals surface area contributed by atoms with Gasteiger partial charge in [0.05, 0.1) is 26.1 Å². The minimum absolute atomic E-state index is 0.661. The maximum atomic E-state index is 6.16. The van der Waals surface area contributed by atoms with Crippen molar-refractivity contribution < 1.29 is 9.47 Å². The maximum absolute atomic E-state index is 6.16. The number of aromatic nitrogens is 2. The van der Waals surface area contributed by atoms with Crippen molar-refractivity contribution in [2.75, 3.05) is 14.2 Å². The number of rotatable bonds is 4. The van der Waals surface area contributed by atoms with E-state index < -0.39 is 0 Å². The first kappa shape index (κ1) is 16.5. The lowest BCUT2D eigenvalue weighted by atomic mass is 10.0. The monoisotopic (exact) mass is 364 g/mol. The normalized spacial score (nSPS) is 10.9. The number of hydrogen-bond donors (Lipinski definition) is 0. The van der Waals surface area contributed by atoms with Crippen LogP contribution in [0.2, 0.25) is 5.02 Å². The summed E-state index contributed by atoms with van der Waals surface area (Å²) in [6.07, 6.45) is 1.72. The molecule has 0 saturated carbocycles. The van der Waals surface area contributed by atoms with Crippen molar-refractivity contribution in [3.63, 3.8) is 0 Å². The molecule has 1 aromatic heterocycles. The van der Waals surface area contributed by atoms with E-state index >= 15 is 0 Å². The molecule has 0 saturated heterocycles. The van der Waals surface area contributed by atoms with Gasteiger partial charge in [-0.2, -0.15) is 5.10 Å². The molecule has 4 nitrogen and oxygen atoms in total. The van der Waals surface area contributed by atoms with Gasteiger partial charge in [0.1, 0.15) is 11.4 Å². The van der Waals surface area contributed by atoms with Gasteiger partial charge in [-0.15, -0.1) is 0 Å². The van der Waals surface area contributed by atoms with E-state index in [9.17, 15) is 0 Å². The summed E-state index contributed by atoms with van der Waals surface area (Å²) in [6.45, 7) is 0. The Morgan fingerprint density at radius 1 is 0.885 bits per heavy atom. The van der Waals surface area contributed by atoms with E-state index in [4.69, 9.17) is 21.1 Å². The molecule has 5 heteroatoms. The number of methoxy groups -OCH3 is 2. The van der Waals surface area contributed by atoms with Gasteiger partial charge in [0.15, 0.2) is 5.75 Å². The van der Waals surface area contributed by atoms with Crippen LogP contribution in [0.15, 0.2) is 66.9 Å². The molecule has 0 amide bonds. The Bertz CT molecular complexity index is 1090. The Morgan fingerprint density at radius 3 is 2.46 bits per heavy atom. The SMILES string of the molecule is COc1ccc2cc(-c3c(OC)cnn3-c3cccc(Cl)c3)ccc2c1. The van der Waals surface area contributed by atoms with Crippen LogP contribution in [0, 0.1) is 0 Å². The van der Waals surface area contributed by atoms with Gasteiger partial charge >= 0.3 is 0 Å². The third-order valence-corrected chi connectivity index (χ3v) is 4.56. The van der Waals surface area contributed by atoms with Gasteiger partial charge in [-0.3, -0.25) is 0 Å². The van der Waals surface area contributed by atoms with E-state index in [2.05, 4.69) is 23.3 Å². The first-order chi connectivity index (χ1) is 12.7. The molecule has 0 radical (unpaired) electrons. The van der Waals surface area contributed by atoms with Crippen molar-refractivity contribution in [2.24, 2.45) is 0 Å². The molecule has 0 fully saturated rings. The number of ether oxygens (including phenoxy) is 2. The molecule has 4 aromatic rings. The molecule has 0 N–H and O–H groups in total. The van der Waals surface area contributed by atoms with Gasteiger partial charge in [0, 0.05) is 10.6 Å². The average molecular weight is 365 g/mol. The third kappa shape index (κ3) is 2.89. The van der Waals surface area contributed by atoms with E-state index in [0.717, 1.165) is 33.5 Å². The van der Waals surface area contributed by atoms with Crippen LogP contribution in [0.5, 0.6) is 11.5 Å². The van der Waals surface area contributed by atoms with Crippen LogP contribution in [0.4, 0.5) is 0 Å². The highest BCUT2D eigenvalue weighted by molar-refractivity contribution is 6.30. The van der Waals surface area contributed by atoms with E-state index in [-0.39, 0.29) is 0 Å². The topological polar surface area (TPSA) is 36.3 Å². The summed E-state index contributed by atoms with van der Waals surface area (Å²) in [4.78, 5) is 0. The summed E-state index contributed by atoms with van der Waals surface area (Å²) >= 11 is 6.16. The van der Waals surface area contributed by atoms with E-state index in [1.54, 1.807) is 20.4 Å². The van der Waals surface area contributed by atoms with Gasteiger partial charge in [-0.05, 0) is 47.2 Å². The molecular formula is C21H17ClN2O2. The van der Waals surface area contributed by atoms with Crippen LogP contribution >= 0.6 is 11.6 Å². The molecule has 0 aliphatic heterocycles. The second-order valence-electron chi connectivity index (χ2n) is 5.88. The highest BCUT2D eigenvalue weighted by Gasteiger charge is 2.16. The van der Waals surface area contributed by atoms with Crippen LogP contribution in [-0.2, 0) is 0 Å². The fourth-order valence-electron chi connectivity index (χ4n) is 3.05. The Kier molecular flexibility index (Phi) is 4.27. The highest BCUT2D eigenvalue weighted by atomic mass is 35.5. The molecule has 0 unspecified atom stereocenters. The van der Waals surface area contributed by atoms with Crippen molar-refractivity contribution in [1.29, 1.82) is 0 Å². The molecule has 4 rings (SSSR count). The lowest BCUT2D eigenvalue weighted by Crippen LogP contribution is -1.99. The number of hydrogen-bond acceptors (Lipinski definition) is 3. The quantitative estimate of drug-likeness (QED) is 0.489. The number of halogens is 1. The molecule has 3 aromatic carbocycles. The minimum atomic E-state index is 0.661.